The standard InChI is InChI=1S/C15H17N3O3S/c1-2-9-17-22(20,21)14-5-3-13(4-6-14)18-15(19)12-7-10-16-11-8-12/h3-8,10-11,17H,2,9H2,1H3,(H,18,19). The van der Waals surface area contributed by atoms with Gasteiger partial charge in [-0.15, -0.1) is 0 Å². The monoisotopic (exact) mass is 319 g/mol. The van der Waals surface area contributed by atoms with E-state index in [2.05, 4.69) is 15.0 Å². The van der Waals surface area contributed by atoms with Gasteiger partial charge < -0.3 is 5.32 Å². The van der Waals surface area contributed by atoms with Crippen LogP contribution in [0.15, 0.2) is 53.7 Å². The van der Waals surface area contributed by atoms with Crippen LogP contribution >= 0.6 is 0 Å². The number of hydrogen-bond acceptors (Lipinski definition) is 4. The van der Waals surface area contributed by atoms with E-state index in [-0.39, 0.29) is 10.8 Å². The number of amides is 1. The molecule has 2 rings (SSSR count). The molecule has 0 saturated carbocycles. The second kappa shape index (κ2) is 7.15. The number of rotatable bonds is 6. The lowest BCUT2D eigenvalue weighted by molar-refractivity contribution is 0.102. The number of benzene rings is 1. The second-order valence-corrected chi connectivity index (χ2v) is 6.38. The van der Waals surface area contributed by atoms with Gasteiger partial charge in [-0.2, -0.15) is 0 Å². The summed E-state index contributed by atoms with van der Waals surface area (Å²) < 4.78 is 26.4. The zero-order valence-corrected chi connectivity index (χ0v) is 12.9. The number of anilines is 1. The highest BCUT2D eigenvalue weighted by Crippen LogP contribution is 2.15. The first-order chi connectivity index (χ1) is 10.5. The molecule has 2 N–H and O–H groups in total. The first-order valence-corrected chi connectivity index (χ1v) is 8.32. The van der Waals surface area contributed by atoms with Crippen molar-refractivity contribution in [1.82, 2.24) is 9.71 Å². The fourth-order valence-electron chi connectivity index (χ4n) is 1.74. The van der Waals surface area contributed by atoms with Crippen molar-refractivity contribution >= 4 is 21.6 Å². The van der Waals surface area contributed by atoms with Crippen molar-refractivity contribution in [3.05, 3.63) is 54.4 Å². The molecule has 0 bridgehead atoms. The first-order valence-electron chi connectivity index (χ1n) is 6.84. The Morgan fingerprint density at radius 3 is 2.32 bits per heavy atom. The molecule has 0 aliphatic carbocycles. The van der Waals surface area contributed by atoms with Crippen molar-refractivity contribution in [2.75, 3.05) is 11.9 Å². The average Bonchev–Trinajstić information content (AvgIpc) is 2.54. The number of nitrogens with zero attached hydrogens (tertiary/aromatic N) is 1. The highest BCUT2D eigenvalue weighted by molar-refractivity contribution is 7.89. The Balaban J connectivity index is 2.08. The topological polar surface area (TPSA) is 88.2 Å². The van der Waals surface area contributed by atoms with E-state index in [1.165, 1.54) is 24.5 Å². The summed E-state index contributed by atoms with van der Waals surface area (Å²) in [6.07, 6.45) is 3.78. The number of carbonyl (C=O) groups excluding carboxylic acids is 1. The van der Waals surface area contributed by atoms with E-state index in [0.717, 1.165) is 6.42 Å². The predicted molar refractivity (Wildman–Crippen MR) is 84.1 cm³/mol. The van der Waals surface area contributed by atoms with Gasteiger partial charge in [0.2, 0.25) is 10.0 Å². The molecule has 2 aromatic rings. The van der Waals surface area contributed by atoms with Crippen molar-refractivity contribution in [3.8, 4) is 0 Å². The van der Waals surface area contributed by atoms with Gasteiger partial charge in [0.1, 0.15) is 0 Å². The average molecular weight is 319 g/mol. The van der Waals surface area contributed by atoms with E-state index in [0.29, 0.717) is 17.8 Å². The van der Waals surface area contributed by atoms with Gasteiger partial charge in [0.15, 0.2) is 0 Å². The molecule has 22 heavy (non-hydrogen) atoms. The molecule has 7 heteroatoms. The van der Waals surface area contributed by atoms with Crippen molar-refractivity contribution in [2.24, 2.45) is 0 Å². The Hall–Kier alpha value is -2.25. The summed E-state index contributed by atoms with van der Waals surface area (Å²) in [5.74, 6) is -0.276. The van der Waals surface area contributed by atoms with E-state index in [4.69, 9.17) is 0 Å². The van der Waals surface area contributed by atoms with Crippen molar-refractivity contribution < 1.29 is 13.2 Å². The summed E-state index contributed by atoms with van der Waals surface area (Å²) in [5, 5.41) is 2.70. The van der Waals surface area contributed by atoms with E-state index < -0.39 is 10.0 Å². The molecule has 0 atom stereocenters. The summed E-state index contributed by atoms with van der Waals surface area (Å²) in [6, 6.07) is 9.23. The number of hydrogen-bond donors (Lipinski definition) is 2. The molecule has 0 fully saturated rings. The first kappa shape index (κ1) is 16.1. The summed E-state index contributed by atoms with van der Waals surface area (Å²) in [4.78, 5) is 16.0. The molecule has 116 valence electrons. The molecule has 0 aliphatic rings. The summed E-state index contributed by atoms with van der Waals surface area (Å²) in [6.45, 7) is 2.28. The Bertz CT molecular complexity index is 728. The van der Waals surface area contributed by atoms with Gasteiger partial charge in [0.25, 0.3) is 5.91 Å². The number of aromatic nitrogens is 1. The third-order valence-electron chi connectivity index (χ3n) is 2.91. The van der Waals surface area contributed by atoms with Gasteiger partial charge in [0, 0.05) is 30.2 Å². The number of nitrogens with one attached hydrogen (secondary N) is 2. The minimum atomic E-state index is -3.49. The maximum atomic E-state index is 12.0. The van der Waals surface area contributed by atoms with Gasteiger partial charge in [-0.05, 0) is 42.8 Å². The van der Waals surface area contributed by atoms with Crippen LogP contribution in [0.25, 0.3) is 0 Å². The highest BCUT2D eigenvalue weighted by atomic mass is 32.2. The Labute approximate surface area is 129 Å². The molecule has 1 amide bonds. The van der Waals surface area contributed by atoms with Crippen molar-refractivity contribution in [2.45, 2.75) is 18.2 Å². The van der Waals surface area contributed by atoms with Crippen LogP contribution in [-0.2, 0) is 10.0 Å². The summed E-state index contributed by atoms with van der Waals surface area (Å²) >= 11 is 0. The lowest BCUT2D eigenvalue weighted by atomic mass is 10.2. The summed E-state index contributed by atoms with van der Waals surface area (Å²) in [7, 11) is -3.49. The van der Waals surface area contributed by atoms with Gasteiger partial charge in [-0.1, -0.05) is 6.92 Å². The second-order valence-electron chi connectivity index (χ2n) is 4.61. The maximum absolute atomic E-state index is 12.0. The largest absolute Gasteiger partial charge is 0.322 e. The van der Waals surface area contributed by atoms with Crippen LogP contribution in [0.2, 0.25) is 0 Å². The smallest absolute Gasteiger partial charge is 0.255 e. The Morgan fingerprint density at radius 2 is 1.73 bits per heavy atom. The van der Waals surface area contributed by atoms with Crippen LogP contribution in [0.5, 0.6) is 0 Å². The number of carbonyl (C=O) groups is 1. The molecular formula is C15H17N3O3S. The minimum Gasteiger partial charge on any atom is -0.322 e. The van der Waals surface area contributed by atoms with Crippen LogP contribution in [-0.4, -0.2) is 25.9 Å². The predicted octanol–water partition coefficient (Wildman–Crippen LogP) is 2.02. The maximum Gasteiger partial charge on any atom is 0.255 e. The van der Waals surface area contributed by atoms with Gasteiger partial charge in [-0.25, -0.2) is 13.1 Å². The fraction of sp³-hybridized carbons (Fsp3) is 0.200. The molecule has 0 saturated heterocycles. The van der Waals surface area contributed by atoms with Crippen molar-refractivity contribution in [3.63, 3.8) is 0 Å². The van der Waals surface area contributed by atoms with Crippen LogP contribution in [0.4, 0.5) is 5.69 Å². The zero-order chi connectivity index (χ0) is 16.0. The SMILES string of the molecule is CCCNS(=O)(=O)c1ccc(NC(=O)c2ccncc2)cc1. The van der Waals surface area contributed by atoms with E-state index in [9.17, 15) is 13.2 Å². The molecule has 1 aromatic heterocycles. The quantitative estimate of drug-likeness (QED) is 0.852. The van der Waals surface area contributed by atoms with Gasteiger partial charge >= 0.3 is 0 Å². The third-order valence-corrected chi connectivity index (χ3v) is 4.38. The molecule has 0 unspecified atom stereocenters. The van der Waals surface area contributed by atoms with Crippen LogP contribution < -0.4 is 10.0 Å². The van der Waals surface area contributed by atoms with Crippen LogP contribution in [0, 0.1) is 0 Å². The normalized spacial score (nSPS) is 11.1. The van der Waals surface area contributed by atoms with Crippen LogP contribution in [0.3, 0.4) is 0 Å². The fourth-order valence-corrected chi connectivity index (χ4v) is 2.88. The van der Waals surface area contributed by atoms with E-state index >= 15 is 0 Å². The van der Waals surface area contributed by atoms with Gasteiger partial charge in [-0.3, -0.25) is 9.78 Å². The Kier molecular flexibility index (Phi) is 5.24. The zero-order valence-electron chi connectivity index (χ0n) is 12.1. The molecule has 1 heterocycles. The van der Waals surface area contributed by atoms with Crippen LogP contribution in [0.1, 0.15) is 23.7 Å². The highest BCUT2D eigenvalue weighted by Gasteiger charge is 2.13. The molecular weight excluding hydrogens is 302 g/mol. The molecule has 0 aliphatic heterocycles. The lowest BCUT2D eigenvalue weighted by Crippen LogP contribution is -2.24. The molecule has 0 radical (unpaired) electrons. The molecule has 1 aromatic carbocycles. The van der Waals surface area contributed by atoms with Gasteiger partial charge in [0.05, 0.1) is 4.90 Å². The number of sulfonamides is 1. The third kappa shape index (κ3) is 4.12. The molecule has 0 spiro atoms. The Morgan fingerprint density at radius 1 is 1.09 bits per heavy atom. The minimum absolute atomic E-state index is 0.169. The van der Waals surface area contributed by atoms with E-state index in [1.807, 2.05) is 6.92 Å². The number of pyridine rings is 1. The lowest BCUT2D eigenvalue weighted by Gasteiger charge is -2.08. The van der Waals surface area contributed by atoms with E-state index in [1.54, 1.807) is 24.3 Å². The molecule has 6 nitrogen and oxygen atoms in total. The summed E-state index contributed by atoms with van der Waals surface area (Å²) in [5.41, 5.74) is 1.01. The van der Waals surface area contributed by atoms with Crippen molar-refractivity contribution in [1.29, 1.82) is 0 Å².